The van der Waals surface area contributed by atoms with Crippen LogP contribution in [0.15, 0.2) is 24.3 Å². The van der Waals surface area contributed by atoms with E-state index >= 15 is 0 Å². The number of rotatable bonds is 8. The van der Waals surface area contributed by atoms with Crippen LogP contribution in [0.3, 0.4) is 0 Å². The van der Waals surface area contributed by atoms with Crippen molar-refractivity contribution in [2.24, 2.45) is 0 Å². The number of halogens is 1. The topological polar surface area (TPSA) is 56.8 Å². The lowest BCUT2D eigenvalue weighted by Crippen LogP contribution is -2.51. The van der Waals surface area contributed by atoms with Gasteiger partial charge in [0.15, 0.2) is 17.3 Å². The summed E-state index contributed by atoms with van der Waals surface area (Å²) in [4.78, 5) is 12.2. The molecule has 146 valence electrons. The summed E-state index contributed by atoms with van der Waals surface area (Å²) in [6.07, 6.45) is 4.80. The van der Waals surface area contributed by atoms with Crippen LogP contribution < -0.4 is 14.8 Å². The maximum atomic E-state index is 12.2. The van der Waals surface area contributed by atoms with Crippen molar-refractivity contribution in [3.63, 3.8) is 0 Å². The van der Waals surface area contributed by atoms with Gasteiger partial charge in [-0.15, -0.1) is 12.4 Å². The summed E-state index contributed by atoms with van der Waals surface area (Å²) >= 11 is 0. The molecule has 1 fully saturated rings. The van der Waals surface area contributed by atoms with Crippen molar-refractivity contribution in [3.8, 4) is 11.5 Å². The fourth-order valence-electron chi connectivity index (χ4n) is 2.98. The van der Waals surface area contributed by atoms with Gasteiger partial charge in [0.05, 0.1) is 25.4 Å². The molecule has 1 aromatic rings. The minimum atomic E-state index is -0.274. The fourth-order valence-corrected chi connectivity index (χ4v) is 2.98. The summed E-state index contributed by atoms with van der Waals surface area (Å²) in [6.45, 7) is 8.24. The number of carbonyl (C=O) groups excluding carboxylic acids is 1. The lowest BCUT2D eigenvalue weighted by Gasteiger charge is -2.38. The second kappa shape index (κ2) is 10.6. The predicted molar refractivity (Wildman–Crippen MR) is 107 cm³/mol. The molecule has 0 saturated carbocycles. The monoisotopic (exact) mass is 383 g/mol. The lowest BCUT2D eigenvalue weighted by atomic mass is 9.96. The molecule has 1 aromatic carbocycles. The van der Waals surface area contributed by atoms with Gasteiger partial charge in [-0.1, -0.05) is 12.1 Å². The molecule has 0 aliphatic carbocycles. The number of carbonyl (C=O) groups is 1. The van der Waals surface area contributed by atoms with Crippen LogP contribution in [0.4, 0.5) is 0 Å². The van der Waals surface area contributed by atoms with E-state index in [-0.39, 0.29) is 29.9 Å². The Morgan fingerprint density at radius 2 is 2.19 bits per heavy atom. The van der Waals surface area contributed by atoms with Crippen LogP contribution in [0.2, 0.25) is 0 Å². The fraction of sp³-hybridized carbons (Fsp3) is 0.550. The molecule has 2 unspecified atom stereocenters. The Morgan fingerprint density at radius 1 is 1.42 bits per heavy atom. The SMILES string of the molecule is CCOc1cc(/C=C/C(=O)CCC2(C)CNCC(C)O2)ccc1OC.Cl. The van der Waals surface area contributed by atoms with E-state index in [1.807, 2.05) is 38.1 Å². The van der Waals surface area contributed by atoms with Crippen LogP contribution in [0.1, 0.15) is 39.2 Å². The zero-order valence-corrected chi connectivity index (χ0v) is 16.9. The van der Waals surface area contributed by atoms with Crippen molar-refractivity contribution in [2.45, 2.75) is 45.3 Å². The van der Waals surface area contributed by atoms with Gasteiger partial charge in [-0.05, 0) is 51.0 Å². The molecule has 0 spiro atoms. The van der Waals surface area contributed by atoms with Gasteiger partial charge in [0.1, 0.15) is 0 Å². The molecule has 5 nitrogen and oxygen atoms in total. The van der Waals surface area contributed by atoms with Crippen molar-refractivity contribution in [1.82, 2.24) is 5.32 Å². The Bertz CT molecular complexity index is 620. The number of benzene rings is 1. The Kier molecular flexibility index (Phi) is 9.13. The Labute approximate surface area is 162 Å². The molecular weight excluding hydrogens is 354 g/mol. The number of allylic oxidation sites excluding steroid dienone is 1. The summed E-state index contributed by atoms with van der Waals surface area (Å²) in [5.41, 5.74) is 0.636. The van der Waals surface area contributed by atoms with E-state index in [4.69, 9.17) is 14.2 Å². The Hall–Kier alpha value is -1.56. The van der Waals surface area contributed by atoms with Crippen LogP contribution in [0.5, 0.6) is 11.5 Å². The van der Waals surface area contributed by atoms with Gasteiger partial charge in [-0.2, -0.15) is 0 Å². The highest BCUT2D eigenvalue weighted by atomic mass is 35.5. The van der Waals surface area contributed by atoms with Crippen molar-refractivity contribution in [1.29, 1.82) is 0 Å². The number of methoxy groups -OCH3 is 1. The lowest BCUT2D eigenvalue weighted by molar-refractivity contribution is -0.121. The largest absolute Gasteiger partial charge is 0.493 e. The normalized spacial score (nSPS) is 22.7. The van der Waals surface area contributed by atoms with Crippen LogP contribution in [0, 0.1) is 0 Å². The number of nitrogens with one attached hydrogen (secondary N) is 1. The molecule has 1 N–H and O–H groups in total. The Balaban J connectivity index is 0.00000338. The average molecular weight is 384 g/mol. The summed E-state index contributed by atoms with van der Waals surface area (Å²) in [5.74, 6) is 1.47. The number of hydrogen-bond donors (Lipinski definition) is 1. The quantitative estimate of drug-likeness (QED) is 0.694. The molecule has 0 bridgehead atoms. The van der Waals surface area contributed by atoms with Gasteiger partial charge < -0.3 is 19.5 Å². The molecule has 1 saturated heterocycles. The van der Waals surface area contributed by atoms with Gasteiger partial charge in [-0.3, -0.25) is 4.79 Å². The molecule has 0 aromatic heterocycles. The van der Waals surface area contributed by atoms with Crippen molar-refractivity contribution < 1.29 is 19.0 Å². The van der Waals surface area contributed by atoms with Gasteiger partial charge in [-0.25, -0.2) is 0 Å². The third kappa shape index (κ3) is 6.63. The predicted octanol–water partition coefficient (Wildman–Crippen LogP) is 3.65. The van der Waals surface area contributed by atoms with E-state index in [0.717, 1.165) is 18.7 Å². The standard InChI is InChI=1S/C20H29NO4.ClH/c1-5-24-19-12-16(7-9-18(19)23-4)6-8-17(22)10-11-20(3)14-21-13-15(2)25-20;/h6-9,12,15,21H,5,10-11,13-14H2,1-4H3;1H/b8-6+;. The first-order chi connectivity index (χ1) is 12.0. The minimum Gasteiger partial charge on any atom is -0.493 e. The van der Waals surface area contributed by atoms with E-state index < -0.39 is 0 Å². The van der Waals surface area contributed by atoms with E-state index in [0.29, 0.717) is 30.9 Å². The summed E-state index contributed by atoms with van der Waals surface area (Å²) in [5, 5.41) is 3.36. The highest BCUT2D eigenvalue weighted by Gasteiger charge is 2.31. The van der Waals surface area contributed by atoms with E-state index in [1.54, 1.807) is 13.2 Å². The molecule has 0 radical (unpaired) electrons. The average Bonchev–Trinajstić information content (AvgIpc) is 2.58. The van der Waals surface area contributed by atoms with Gasteiger partial charge in [0.25, 0.3) is 0 Å². The Morgan fingerprint density at radius 3 is 2.85 bits per heavy atom. The van der Waals surface area contributed by atoms with E-state index in [2.05, 4.69) is 12.2 Å². The summed E-state index contributed by atoms with van der Waals surface area (Å²) in [7, 11) is 1.61. The van der Waals surface area contributed by atoms with E-state index in [9.17, 15) is 4.79 Å². The maximum Gasteiger partial charge on any atom is 0.161 e. The van der Waals surface area contributed by atoms with Crippen LogP contribution in [-0.4, -0.2) is 44.3 Å². The van der Waals surface area contributed by atoms with E-state index in [1.165, 1.54) is 0 Å². The van der Waals surface area contributed by atoms with Crippen LogP contribution in [0.25, 0.3) is 6.08 Å². The first kappa shape index (κ1) is 22.5. The third-order valence-electron chi connectivity index (χ3n) is 4.27. The van der Waals surface area contributed by atoms with Crippen molar-refractivity contribution in [2.75, 3.05) is 26.8 Å². The number of ether oxygens (including phenoxy) is 3. The van der Waals surface area contributed by atoms with Crippen LogP contribution >= 0.6 is 12.4 Å². The highest BCUT2D eigenvalue weighted by molar-refractivity contribution is 5.93. The van der Waals surface area contributed by atoms with Crippen molar-refractivity contribution >= 4 is 24.3 Å². The van der Waals surface area contributed by atoms with Crippen LogP contribution in [-0.2, 0) is 9.53 Å². The molecule has 1 aliphatic rings. The molecule has 2 rings (SSSR count). The smallest absolute Gasteiger partial charge is 0.161 e. The molecule has 1 aliphatic heterocycles. The first-order valence-electron chi connectivity index (χ1n) is 8.86. The third-order valence-corrected chi connectivity index (χ3v) is 4.27. The van der Waals surface area contributed by atoms with Gasteiger partial charge in [0, 0.05) is 19.5 Å². The number of morpholine rings is 1. The van der Waals surface area contributed by atoms with Gasteiger partial charge >= 0.3 is 0 Å². The zero-order valence-electron chi connectivity index (χ0n) is 16.0. The molecule has 6 heteroatoms. The number of ketones is 1. The molecule has 1 heterocycles. The minimum absolute atomic E-state index is 0. The number of hydrogen-bond acceptors (Lipinski definition) is 5. The second-order valence-corrected chi connectivity index (χ2v) is 6.65. The first-order valence-corrected chi connectivity index (χ1v) is 8.86. The van der Waals surface area contributed by atoms with Gasteiger partial charge in [0.2, 0.25) is 0 Å². The summed E-state index contributed by atoms with van der Waals surface area (Å²) < 4.78 is 16.8. The van der Waals surface area contributed by atoms with Crippen molar-refractivity contribution in [3.05, 3.63) is 29.8 Å². The molecule has 2 atom stereocenters. The summed E-state index contributed by atoms with van der Waals surface area (Å²) in [6, 6.07) is 5.63. The molecular formula is C20H30ClNO4. The highest BCUT2D eigenvalue weighted by Crippen LogP contribution is 2.28. The second-order valence-electron chi connectivity index (χ2n) is 6.65. The molecule has 26 heavy (non-hydrogen) atoms. The zero-order chi connectivity index (χ0) is 18.3. The molecule has 0 amide bonds. The maximum absolute atomic E-state index is 12.2.